The maximum atomic E-state index is 13.0. The number of nitriles is 1. The summed E-state index contributed by atoms with van der Waals surface area (Å²) in [6.45, 7) is 1.82. The van der Waals surface area contributed by atoms with E-state index in [0.29, 0.717) is 5.65 Å². The fraction of sp³-hybridized carbons (Fsp3) is 0.0526. The maximum Gasteiger partial charge on any atom is 0.274 e. The molecule has 4 aromatic rings. The smallest absolute Gasteiger partial charge is 0.268 e. The first-order chi connectivity index (χ1) is 13.4. The van der Waals surface area contributed by atoms with Crippen molar-refractivity contribution in [2.75, 3.05) is 0 Å². The molecule has 9 nitrogen and oxygen atoms in total. The van der Waals surface area contributed by atoms with Crippen LogP contribution in [0, 0.1) is 28.4 Å². The molecule has 0 radical (unpaired) electrons. The topological polar surface area (TPSA) is 123 Å². The number of nitro groups is 1. The van der Waals surface area contributed by atoms with Gasteiger partial charge in [-0.3, -0.25) is 28.7 Å². The molecule has 9 heteroatoms. The molecular formula is C19H11N5O4. The van der Waals surface area contributed by atoms with Gasteiger partial charge in [0.15, 0.2) is 5.65 Å². The molecule has 0 aliphatic rings. The number of aromatic nitrogens is 3. The van der Waals surface area contributed by atoms with Crippen LogP contribution in [0.4, 0.5) is 5.69 Å². The molecule has 4 rings (SSSR count). The normalized spacial score (nSPS) is 10.9. The highest BCUT2D eigenvalue weighted by Crippen LogP contribution is 2.19. The van der Waals surface area contributed by atoms with Gasteiger partial charge in [0, 0.05) is 18.3 Å². The number of hydrogen-bond acceptors (Lipinski definition) is 6. The van der Waals surface area contributed by atoms with Gasteiger partial charge in [0.2, 0.25) is 0 Å². The Morgan fingerprint density at radius 1 is 1.14 bits per heavy atom. The Morgan fingerprint density at radius 2 is 1.93 bits per heavy atom. The first kappa shape index (κ1) is 17.1. The number of nitrogens with zero attached hydrogens (tertiary/aromatic N) is 5. The zero-order chi connectivity index (χ0) is 20.0. The summed E-state index contributed by atoms with van der Waals surface area (Å²) in [6, 6.07) is 11.8. The molecule has 0 saturated heterocycles. The zero-order valence-corrected chi connectivity index (χ0v) is 14.5. The second kappa shape index (κ2) is 6.14. The summed E-state index contributed by atoms with van der Waals surface area (Å²) < 4.78 is 2.39. The van der Waals surface area contributed by atoms with E-state index < -0.39 is 16.0 Å². The van der Waals surface area contributed by atoms with Gasteiger partial charge in [-0.25, -0.2) is 4.98 Å². The van der Waals surface area contributed by atoms with Gasteiger partial charge in [0.25, 0.3) is 16.8 Å². The van der Waals surface area contributed by atoms with E-state index >= 15 is 0 Å². The van der Waals surface area contributed by atoms with Gasteiger partial charge in [-0.05, 0) is 30.7 Å². The molecule has 136 valence electrons. The number of fused-ring (bicyclic) bond motifs is 2. The number of rotatable bonds is 2. The van der Waals surface area contributed by atoms with Crippen molar-refractivity contribution in [1.82, 2.24) is 14.0 Å². The number of non-ortho nitro benzene ring substituents is 1. The minimum Gasteiger partial charge on any atom is -0.268 e. The highest BCUT2D eigenvalue weighted by molar-refractivity contribution is 5.79. The Bertz CT molecular complexity index is 1460. The molecule has 3 heterocycles. The quantitative estimate of drug-likeness (QED) is 0.301. The van der Waals surface area contributed by atoms with Crippen LogP contribution in [0.1, 0.15) is 11.1 Å². The lowest BCUT2D eigenvalue weighted by Gasteiger charge is -2.11. The maximum absolute atomic E-state index is 13.0. The Kier molecular flexibility index (Phi) is 3.75. The van der Waals surface area contributed by atoms with Crippen LogP contribution in [-0.4, -0.2) is 18.9 Å². The van der Waals surface area contributed by atoms with Crippen LogP contribution in [0.5, 0.6) is 0 Å². The van der Waals surface area contributed by atoms with Crippen LogP contribution in [0.2, 0.25) is 0 Å². The molecular weight excluding hydrogens is 362 g/mol. The zero-order valence-electron chi connectivity index (χ0n) is 14.5. The fourth-order valence-electron chi connectivity index (χ4n) is 3.03. The Hall–Kier alpha value is -4.32. The fourth-order valence-corrected chi connectivity index (χ4v) is 3.03. The van der Waals surface area contributed by atoms with E-state index in [4.69, 9.17) is 0 Å². The second-order valence-corrected chi connectivity index (χ2v) is 6.18. The average Bonchev–Trinajstić information content (AvgIpc) is 2.68. The molecule has 0 unspecified atom stereocenters. The van der Waals surface area contributed by atoms with Gasteiger partial charge >= 0.3 is 0 Å². The Morgan fingerprint density at radius 3 is 2.64 bits per heavy atom. The van der Waals surface area contributed by atoms with Crippen LogP contribution >= 0.6 is 0 Å². The average molecular weight is 373 g/mol. The lowest BCUT2D eigenvalue weighted by molar-refractivity contribution is -0.384. The molecule has 0 fully saturated rings. The molecule has 0 amide bonds. The van der Waals surface area contributed by atoms with E-state index in [1.165, 1.54) is 34.7 Å². The molecule has 28 heavy (non-hydrogen) atoms. The van der Waals surface area contributed by atoms with E-state index in [2.05, 4.69) is 4.98 Å². The van der Waals surface area contributed by atoms with E-state index in [-0.39, 0.29) is 28.0 Å². The highest BCUT2D eigenvalue weighted by atomic mass is 16.6. The van der Waals surface area contributed by atoms with Crippen LogP contribution in [0.3, 0.4) is 0 Å². The number of nitro benzene ring substituents is 1. The van der Waals surface area contributed by atoms with Crippen LogP contribution in [0.15, 0.2) is 58.3 Å². The summed E-state index contributed by atoms with van der Waals surface area (Å²) >= 11 is 0. The van der Waals surface area contributed by atoms with Gasteiger partial charge in [0.1, 0.15) is 17.3 Å². The van der Waals surface area contributed by atoms with E-state index in [0.717, 1.165) is 10.1 Å². The van der Waals surface area contributed by atoms with Crippen molar-refractivity contribution in [3.05, 3.63) is 90.6 Å². The standard InChI is InChI=1S/C19H11N5O4/c1-11-5-6-16-21-17-15(19(26)22(16)10-11)7-12(9-20)18(25)23(17)13-3-2-4-14(8-13)24(27)28/h2-8,10H,1H3. The van der Waals surface area contributed by atoms with Crippen molar-refractivity contribution in [2.45, 2.75) is 6.92 Å². The van der Waals surface area contributed by atoms with Crippen LogP contribution < -0.4 is 11.1 Å². The molecule has 0 saturated carbocycles. The minimum atomic E-state index is -0.709. The molecule has 1 aromatic carbocycles. The summed E-state index contributed by atoms with van der Waals surface area (Å²) in [6.07, 6.45) is 1.61. The molecule has 0 aliphatic heterocycles. The predicted molar refractivity (Wildman–Crippen MR) is 101 cm³/mol. The van der Waals surface area contributed by atoms with Crippen molar-refractivity contribution in [3.8, 4) is 11.8 Å². The van der Waals surface area contributed by atoms with Crippen molar-refractivity contribution >= 4 is 22.4 Å². The van der Waals surface area contributed by atoms with E-state index in [9.17, 15) is 25.0 Å². The Balaban J connectivity index is 2.22. The van der Waals surface area contributed by atoms with E-state index in [1.807, 2.05) is 6.92 Å². The third kappa shape index (κ3) is 2.52. The first-order valence-electron chi connectivity index (χ1n) is 8.14. The largest absolute Gasteiger partial charge is 0.274 e. The van der Waals surface area contributed by atoms with Gasteiger partial charge in [-0.2, -0.15) is 5.26 Å². The molecule has 3 aromatic heterocycles. The van der Waals surface area contributed by atoms with Crippen molar-refractivity contribution in [1.29, 1.82) is 5.26 Å². The summed E-state index contributed by atoms with van der Waals surface area (Å²) in [4.78, 5) is 40.7. The molecule has 0 bridgehead atoms. The molecule has 0 atom stereocenters. The van der Waals surface area contributed by atoms with Crippen LogP contribution in [-0.2, 0) is 0 Å². The number of pyridine rings is 2. The lowest BCUT2D eigenvalue weighted by atomic mass is 10.2. The number of benzene rings is 1. The van der Waals surface area contributed by atoms with Crippen molar-refractivity contribution in [2.24, 2.45) is 0 Å². The molecule has 0 spiro atoms. The third-order valence-electron chi connectivity index (χ3n) is 4.34. The highest BCUT2D eigenvalue weighted by Gasteiger charge is 2.17. The Labute approximate surface area is 156 Å². The van der Waals surface area contributed by atoms with Gasteiger partial charge in [-0.15, -0.1) is 0 Å². The summed E-state index contributed by atoms with van der Waals surface area (Å²) in [5, 5.41) is 20.5. The first-order valence-corrected chi connectivity index (χ1v) is 8.14. The summed E-state index contributed by atoms with van der Waals surface area (Å²) in [7, 11) is 0. The van der Waals surface area contributed by atoms with E-state index in [1.54, 1.807) is 24.4 Å². The van der Waals surface area contributed by atoms with Crippen LogP contribution in [0.25, 0.3) is 22.4 Å². The third-order valence-corrected chi connectivity index (χ3v) is 4.34. The predicted octanol–water partition coefficient (Wildman–Crippen LogP) is 2.09. The molecule has 0 N–H and O–H groups in total. The minimum absolute atomic E-state index is 0.0263. The summed E-state index contributed by atoms with van der Waals surface area (Å²) in [5.74, 6) is 0. The number of aryl methyl sites for hydroxylation is 1. The number of hydrogen-bond donors (Lipinski definition) is 0. The van der Waals surface area contributed by atoms with Crippen molar-refractivity contribution in [3.63, 3.8) is 0 Å². The second-order valence-electron chi connectivity index (χ2n) is 6.18. The molecule has 0 aliphatic carbocycles. The van der Waals surface area contributed by atoms with Gasteiger partial charge < -0.3 is 0 Å². The SMILES string of the molecule is Cc1ccc2nc3c(cc(C#N)c(=O)n3-c3cccc([N+](=O)[O-])c3)c(=O)n2c1. The van der Waals surface area contributed by atoms with Gasteiger partial charge in [-0.1, -0.05) is 12.1 Å². The summed E-state index contributed by atoms with van der Waals surface area (Å²) in [5.41, 5.74) is -0.325. The lowest BCUT2D eigenvalue weighted by Crippen LogP contribution is -2.26. The van der Waals surface area contributed by atoms with Gasteiger partial charge in [0.05, 0.1) is 16.0 Å². The monoisotopic (exact) mass is 373 g/mol. The van der Waals surface area contributed by atoms with Crippen molar-refractivity contribution < 1.29 is 4.92 Å².